The first kappa shape index (κ1) is 19.3. The molecule has 2 aromatic carbocycles. The van der Waals surface area contributed by atoms with E-state index < -0.39 is 17.7 Å². The predicted octanol–water partition coefficient (Wildman–Crippen LogP) is 2.78. The molecule has 0 fully saturated rings. The van der Waals surface area contributed by atoms with Crippen molar-refractivity contribution in [1.82, 2.24) is 5.43 Å². The number of hydrogen-bond acceptors (Lipinski definition) is 5. The Hall–Kier alpha value is -3.06. The van der Waals surface area contributed by atoms with E-state index in [1.54, 1.807) is 31.4 Å². The summed E-state index contributed by atoms with van der Waals surface area (Å²) in [6.07, 6.45) is 1.24. The molecule has 26 heavy (non-hydrogen) atoms. The van der Waals surface area contributed by atoms with Gasteiger partial charge in [0.15, 0.2) is 0 Å². The number of ether oxygens (including phenoxy) is 1. The Labute approximate surface area is 155 Å². The molecule has 2 amide bonds. The monoisotopic (exact) mass is 375 g/mol. The standard InChI is InChI=1S/C18H18ClN3O4/c1-11(17(24)21-14-4-6-15(26-2)7-5-14)18(25)22-20-10-12-9-13(19)3-8-16(12)23/h3-11,23H,1-2H3,(H,21,24)(H,22,25)/b20-10+. The maximum absolute atomic E-state index is 12.1. The summed E-state index contributed by atoms with van der Waals surface area (Å²) in [5.41, 5.74) is 3.14. The minimum Gasteiger partial charge on any atom is -0.507 e. The van der Waals surface area contributed by atoms with Crippen LogP contribution in [-0.4, -0.2) is 30.2 Å². The molecule has 0 saturated carbocycles. The van der Waals surface area contributed by atoms with Gasteiger partial charge in [0.2, 0.25) is 5.91 Å². The van der Waals surface area contributed by atoms with Crippen LogP contribution in [0.2, 0.25) is 5.02 Å². The van der Waals surface area contributed by atoms with Crippen molar-refractivity contribution in [2.45, 2.75) is 6.92 Å². The van der Waals surface area contributed by atoms with Gasteiger partial charge in [0.1, 0.15) is 17.4 Å². The molecule has 0 aliphatic rings. The summed E-state index contributed by atoms with van der Waals surface area (Å²) in [6.45, 7) is 1.46. The Balaban J connectivity index is 1.92. The third-order valence-electron chi connectivity index (χ3n) is 3.51. The molecule has 7 nitrogen and oxygen atoms in total. The lowest BCUT2D eigenvalue weighted by Gasteiger charge is -2.11. The van der Waals surface area contributed by atoms with Gasteiger partial charge in [-0.05, 0) is 49.4 Å². The third-order valence-corrected chi connectivity index (χ3v) is 3.75. The van der Waals surface area contributed by atoms with Crippen molar-refractivity contribution in [1.29, 1.82) is 0 Å². The lowest BCUT2D eigenvalue weighted by atomic mass is 10.1. The van der Waals surface area contributed by atoms with Crippen LogP contribution in [0.3, 0.4) is 0 Å². The average molecular weight is 376 g/mol. The molecule has 0 spiro atoms. The van der Waals surface area contributed by atoms with E-state index in [-0.39, 0.29) is 5.75 Å². The van der Waals surface area contributed by atoms with Crippen molar-refractivity contribution in [3.05, 3.63) is 53.1 Å². The summed E-state index contributed by atoms with van der Waals surface area (Å²) in [6, 6.07) is 11.2. The second-order valence-corrected chi connectivity index (χ2v) is 5.81. The van der Waals surface area contributed by atoms with Crippen LogP contribution in [0.1, 0.15) is 12.5 Å². The maximum Gasteiger partial charge on any atom is 0.252 e. The molecule has 2 rings (SSSR count). The van der Waals surface area contributed by atoms with E-state index in [1.165, 1.54) is 31.3 Å². The Morgan fingerprint density at radius 3 is 2.54 bits per heavy atom. The van der Waals surface area contributed by atoms with Crippen molar-refractivity contribution in [3.8, 4) is 11.5 Å². The molecule has 0 bridgehead atoms. The van der Waals surface area contributed by atoms with E-state index in [0.29, 0.717) is 22.0 Å². The zero-order valence-corrected chi connectivity index (χ0v) is 14.9. The first-order valence-electron chi connectivity index (χ1n) is 7.67. The molecule has 2 aromatic rings. The number of methoxy groups -OCH3 is 1. The number of carbonyl (C=O) groups excluding carboxylic acids is 2. The Kier molecular flexibility index (Phi) is 6.57. The molecule has 0 heterocycles. The highest BCUT2D eigenvalue weighted by atomic mass is 35.5. The van der Waals surface area contributed by atoms with Gasteiger partial charge in [-0.3, -0.25) is 9.59 Å². The highest BCUT2D eigenvalue weighted by Gasteiger charge is 2.21. The Morgan fingerprint density at radius 1 is 1.19 bits per heavy atom. The number of hydrogen-bond donors (Lipinski definition) is 3. The van der Waals surface area contributed by atoms with Crippen LogP contribution in [0.4, 0.5) is 5.69 Å². The molecule has 0 aliphatic carbocycles. The zero-order chi connectivity index (χ0) is 19.1. The average Bonchev–Trinajstić information content (AvgIpc) is 2.64. The number of nitrogens with one attached hydrogen (secondary N) is 2. The Morgan fingerprint density at radius 2 is 1.88 bits per heavy atom. The highest BCUT2D eigenvalue weighted by molar-refractivity contribution is 6.30. The number of phenols is 1. The number of anilines is 1. The zero-order valence-electron chi connectivity index (χ0n) is 14.2. The molecule has 0 aliphatic heterocycles. The lowest BCUT2D eigenvalue weighted by Crippen LogP contribution is -2.34. The van der Waals surface area contributed by atoms with E-state index >= 15 is 0 Å². The number of carbonyl (C=O) groups is 2. The van der Waals surface area contributed by atoms with Gasteiger partial charge in [0.25, 0.3) is 5.91 Å². The SMILES string of the molecule is COc1ccc(NC(=O)C(C)C(=O)N/N=C/c2cc(Cl)ccc2O)cc1. The normalized spacial score (nSPS) is 11.8. The largest absolute Gasteiger partial charge is 0.507 e. The number of amides is 2. The van der Waals surface area contributed by atoms with Crippen LogP contribution >= 0.6 is 11.6 Å². The van der Waals surface area contributed by atoms with E-state index in [4.69, 9.17) is 16.3 Å². The molecular weight excluding hydrogens is 358 g/mol. The van der Waals surface area contributed by atoms with E-state index in [2.05, 4.69) is 15.8 Å². The number of hydrazone groups is 1. The van der Waals surface area contributed by atoms with Crippen molar-refractivity contribution in [3.63, 3.8) is 0 Å². The third kappa shape index (κ3) is 5.22. The summed E-state index contributed by atoms with van der Waals surface area (Å²) in [7, 11) is 1.55. The van der Waals surface area contributed by atoms with Crippen LogP contribution in [0, 0.1) is 5.92 Å². The summed E-state index contributed by atoms with van der Waals surface area (Å²) in [5, 5.41) is 16.5. The summed E-state index contributed by atoms with van der Waals surface area (Å²) < 4.78 is 5.04. The van der Waals surface area contributed by atoms with Crippen molar-refractivity contribution in [2.75, 3.05) is 12.4 Å². The van der Waals surface area contributed by atoms with Gasteiger partial charge in [0, 0.05) is 16.3 Å². The minimum atomic E-state index is -0.970. The van der Waals surface area contributed by atoms with Crippen molar-refractivity contribution < 1.29 is 19.4 Å². The van der Waals surface area contributed by atoms with Crippen molar-refractivity contribution >= 4 is 35.3 Å². The number of phenolic OH excluding ortho intramolecular Hbond substituents is 1. The molecule has 0 aromatic heterocycles. The van der Waals surface area contributed by atoms with Crippen LogP contribution in [0.15, 0.2) is 47.6 Å². The topological polar surface area (TPSA) is 100 Å². The van der Waals surface area contributed by atoms with E-state index in [1.807, 2.05) is 0 Å². The van der Waals surface area contributed by atoms with E-state index in [0.717, 1.165) is 0 Å². The molecule has 136 valence electrons. The Bertz CT molecular complexity index is 822. The van der Waals surface area contributed by atoms with Gasteiger partial charge < -0.3 is 15.2 Å². The first-order valence-corrected chi connectivity index (χ1v) is 8.05. The number of nitrogens with zero attached hydrogens (tertiary/aromatic N) is 1. The fourth-order valence-corrected chi connectivity index (χ4v) is 2.12. The number of halogens is 1. The second kappa shape index (κ2) is 8.87. The molecule has 0 saturated heterocycles. The molecule has 1 unspecified atom stereocenters. The predicted molar refractivity (Wildman–Crippen MR) is 99.6 cm³/mol. The summed E-state index contributed by atoms with van der Waals surface area (Å²) in [5.74, 6) is -1.41. The van der Waals surface area contributed by atoms with E-state index in [9.17, 15) is 14.7 Å². The summed E-state index contributed by atoms with van der Waals surface area (Å²) >= 11 is 5.83. The first-order chi connectivity index (χ1) is 12.4. The maximum atomic E-state index is 12.1. The quantitative estimate of drug-likeness (QED) is 0.410. The van der Waals surface area contributed by atoms with Crippen LogP contribution in [0.25, 0.3) is 0 Å². The highest BCUT2D eigenvalue weighted by Crippen LogP contribution is 2.19. The van der Waals surface area contributed by atoms with Crippen molar-refractivity contribution in [2.24, 2.45) is 11.0 Å². The second-order valence-electron chi connectivity index (χ2n) is 5.38. The molecule has 0 radical (unpaired) electrons. The summed E-state index contributed by atoms with van der Waals surface area (Å²) in [4.78, 5) is 24.2. The minimum absolute atomic E-state index is 0.0299. The lowest BCUT2D eigenvalue weighted by molar-refractivity contribution is -0.131. The molecular formula is C18H18ClN3O4. The molecule has 8 heteroatoms. The number of benzene rings is 2. The van der Waals surface area contributed by atoms with Gasteiger partial charge in [-0.1, -0.05) is 11.6 Å². The van der Waals surface area contributed by atoms with Crippen LogP contribution < -0.4 is 15.5 Å². The fourth-order valence-electron chi connectivity index (χ4n) is 1.93. The smallest absolute Gasteiger partial charge is 0.252 e. The van der Waals surface area contributed by atoms with Crippen LogP contribution in [0.5, 0.6) is 11.5 Å². The van der Waals surface area contributed by atoms with Gasteiger partial charge in [0.05, 0.1) is 13.3 Å². The fraction of sp³-hybridized carbons (Fsp3) is 0.167. The van der Waals surface area contributed by atoms with Gasteiger partial charge in [-0.2, -0.15) is 5.10 Å². The number of aromatic hydroxyl groups is 1. The van der Waals surface area contributed by atoms with Gasteiger partial charge >= 0.3 is 0 Å². The van der Waals surface area contributed by atoms with Gasteiger partial charge in [-0.15, -0.1) is 0 Å². The molecule has 1 atom stereocenters. The number of rotatable bonds is 6. The van der Waals surface area contributed by atoms with Gasteiger partial charge in [-0.25, -0.2) is 5.43 Å². The molecule has 3 N–H and O–H groups in total. The van der Waals surface area contributed by atoms with Crippen LogP contribution in [-0.2, 0) is 9.59 Å².